The third-order valence-electron chi connectivity index (χ3n) is 4.73. The number of benzene rings is 1. The number of nitrogens with zero attached hydrogens (tertiary/aromatic N) is 3. The highest BCUT2D eigenvalue weighted by Crippen LogP contribution is 2.30. The highest BCUT2D eigenvalue weighted by molar-refractivity contribution is 5.73. The first kappa shape index (κ1) is 14.9. The van der Waals surface area contributed by atoms with Crippen LogP contribution in [0, 0.1) is 0 Å². The number of fused-ring (bicyclic) bond motifs is 1. The van der Waals surface area contributed by atoms with Gasteiger partial charge in [0.05, 0.1) is 19.3 Å². The zero-order valence-corrected chi connectivity index (χ0v) is 13.7. The summed E-state index contributed by atoms with van der Waals surface area (Å²) in [5.74, 6) is 1.43. The molecule has 1 fully saturated rings. The molecular formula is C18H20N4O2. The molecule has 1 aliphatic rings. The van der Waals surface area contributed by atoms with E-state index in [-0.39, 0.29) is 5.56 Å². The molecule has 1 aromatic carbocycles. The summed E-state index contributed by atoms with van der Waals surface area (Å²) in [6.07, 6.45) is 6.78. The summed E-state index contributed by atoms with van der Waals surface area (Å²) in [6.45, 7) is 0. The van der Waals surface area contributed by atoms with Crippen LogP contribution in [0.15, 0.2) is 35.3 Å². The molecule has 0 aliphatic heterocycles. The van der Waals surface area contributed by atoms with Gasteiger partial charge in [-0.3, -0.25) is 4.79 Å². The maximum Gasteiger partial charge on any atom is 0.262 e. The molecule has 3 aromatic rings. The summed E-state index contributed by atoms with van der Waals surface area (Å²) in [7, 11) is 1.65. The summed E-state index contributed by atoms with van der Waals surface area (Å²) in [5, 5.41) is 4.99. The second-order valence-electron chi connectivity index (χ2n) is 6.27. The van der Waals surface area contributed by atoms with E-state index >= 15 is 0 Å². The van der Waals surface area contributed by atoms with Gasteiger partial charge >= 0.3 is 0 Å². The molecule has 2 heterocycles. The molecule has 0 radical (unpaired) electrons. The maximum atomic E-state index is 12.4. The van der Waals surface area contributed by atoms with Crippen LogP contribution in [0.3, 0.4) is 0 Å². The fraction of sp³-hybridized carbons (Fsp3) is 0.389. The highest BCUT2D eigenvalue weighted by Gasteiger charge is 2.21. The molecule has 24 heavy (non-hydrogen) atoms. The lowest BCUT2D eigenvalue weighted by molar-refractivity contribution is 0.410. The molecule has 0 amide bonds. The zero-order valence-electron chi connectivity index (χ0n) is 13.7. The largest absolute Gasteiger partial charge is 0.496 e. The van der Waals surface area contributed by atoms with Crippen molar-refractivity contribution in [2.45, 2.75) is 38.1 Å². The average Bonchev–Trinajstić information content (AvgIpc) is 3.24. The Kier molecular flexibility index (Phi) is 3.80. The van der Waals surface area contributed by atoms with Crippen molar-refractivity contribution < 1.29 is 4.74 Å². The first-order valence-corrected chi connectivity index (χ1v) is 8.34. The fourth-order valence-electron chi connectivity index (χ4n) is 3.51. The first-order valence-electron chi connectivity index (χ1n) is 8.34. The molecule has 1 N–H and O–H groups in total. The van der Waals surface area contributed by atoms with Crippen molar-refractivity contribution in [1.29, 1.82) is 0 Å². The Labute approximate surface area is 139 Å². The normalized spacial score (nSPS) is 15.2. The Hall–Kier alpha value is -2.63. The molecule has 0 spiro atoms. The Morgan fingerprint density at radius 2 is 2.08 bits per heavy atom. The van der Waals surface area contributed by atoms with Gasteiger partial charge in [0.1, 0.15) is 17.0 Å². The number of aromatic nitrogens is 4. The lowest BCUT2D eigenvalue weighted by atomic mass is 10.1. The average molecular weight is 324 g/mol. The summed E-state index contributed by atoms with van der Waals surface area (Å²) >= 11 is 0. The van der Waals surface area contributed by atoms with Gasteiger partial charge in [0.25, 0.3) is 5.56 Å². The van der Waals surface area contributed by atoms with Gasteiger partial charge < -0.3 is 9.72 Å². The molecule has 1 aliphatic carbocycles. The second kappa shape index (κ2) is 6.11. The van der Waals surface area contributed by atoms with E-state index < -0.39 is 0 Å². The number of nitrogens with one attached hydrogen (secondary N) is 1. The molecule has 6 heteroatoms. The van der Waals surface area contributed by atoms with Gasteiger partial charge in [-0.2, -0.15) is 5.10 Å². The minimum absolute atomic E-state index is 0.130. The van der Waals surface area contributed by atoms with E-state index in [0.29, 0.717) is 29.3 Å². The standard InChI is InChI=1S/C18H20N4O2/c1-24-15-9-5-2-6-12(15)10-16-20-17-14(18(23)21-16)11-19-22(17)13-7-3-4-8-13/h2,5-6,9,11,13H,3-4,7-8,10H2,1H3,(H,20,21,23). The van der Waals surface area contributed by atoms with E-state index in [9.17, 15) is 4.79 Å². The molecule has 0 saturated heterocycles. The molecule has 0 atom stereocenters. The number of aromatic amines is 1. The lowest BCUT2D eigenvalue weighted by Crippen LogP contribution is -2.14. The van der Waals surface area contributed by atoms with Crippen LogP contribution in [-0.4, -0.2) is 26.9 Å². The summed E-state index contributed by atoms with van der Waals surface area (Å²) < 4.78 is 7.32. The van der Waals surface area contributed by atoms with E-state index in [1.54, 1.807) is 13.3 Å². The van der Waals surface area contributed by atoms with Gasteiger partial charge in [0, 0.05) is 12.0 Å². The Morgan fingerprint density at radius 1 is 1.29 bits per heavy atom. The maximum absolute atomic E-state index is 12.4. The van der Waals surface area contributed by atoms with Crippen molar-refractivity contribution in [3.8, 4) is 5.75 Å². The van der Waals surface area contributed by atoms with E-state index in [1.807, 2.05) is 28.9 Å². The Morgan fingerprint density at radius 3 is 2.88 bits per heavy atom. The van der Waals surface area contributed by atoms with Crippen LogP contribution in [0.5, 0.6) is 5.75 Å². The van der Waals surface area contributed by atoms with Crippen molar-refractivity contribution in [1.82, 2.24) is 19.7 Å². The highest BCUT2D eigenvalue weighted by atomic mass is 16.5. The lowest BCUT2D eigenvalue weighted by Gasteiger charge is -2.11. The smallest absolute Gasteiger partial charge is 0.262 e. The van der Waals surface area contributed by atoms with E-state index in [1.165, 1.54) is 12.8 Å². The van der Waals surface area contributed by atoms with Crippen molar-refractivity contribution in [2.24, 2.45) is 0 Å². The predicted octanol–water partition coefficient (Wildman–Crippen LogP) is 2.83. The van der Waals surface area contributed by atoms with Gasteiger partial charge in [-0.05, 0) is 18.9 Å². The minimum atomic E-state index is -0.130. The van der Waals surface area contributed by atoms with Crippen molar-refractivity contribution >= 4 is 11.0 Å². The van der Waals surface area contributed by atoms with Crippen LogP contribution >= 0.6 is 0 Å². The molecule has 4 rings (SSSR count). The molecule has 0 bridgehead atoms. The fourth-order valence-corrected chi connectivity index (χ4v) is 3.51. The summed E-state index contributed by atoms with van der Waals surface area (Å²) in [4.78, 5) is 20.0. The second-order valence-corrected chi connectivity index (χ2v) is 6.27. The quantitative estimate of drug-likeness (QED) is 0.801. The summed E-state index contributed by atoms with van der Waals surface area (Å²) in [6, 6.07) is 8.14. The van der Waals surface area contributed by atoms with E-state index in [4.69, 9.17) is 9.72 Å². The molecule has 6 nitrogen and oxygen atoms in total. The number of para-hydroxylation sites is 1. The number of hydrogen-bond acceptors (Lipinski definition) is 4. The summed E-state index contributed by atoms with van der Waals surface area (Å²) in [5.41, 5.74) is 1.55. The molecule has 124 valence electrons. The van der Waals surface area contributed by atoms with E-state index in [2.05, 4.69) is 10.1 Å². The van der Waals surface area contributed by atoms with Crippen molar-refractivity contribution in [2.75, 3.05) is 7.11 Å². The van der Waals surface area contributed by atoms with E-state index in [0.717, 1.165) is 24.2 Å². The van der Waals surface area contributed by atoms with Gasteiger partial charge in [0.15, 0.2) is 5.65 Å². The van der Waals surface area contributed by atoms with Gasteiger partial charge in [-0.15, -0.1) is 0 Å². The molecule has 2 aromatic heterocycles. The zero-order chi connectivity index (χ0) is 16.5. The van der Waals surface area contributed by atoms with Gasteiger partial charge in [0.2, 0.25) is 0 Å². The van der Waals surface area contributed by atoms with Crippen LogP contribution in [0.2, 0.25) is 0 Å². The number of ether oxygens (including phenoxy) is 1. The Balaban J connectivity index is 1.76. The topological polar surface area (TPSA) is 72.8 Å². The van der Waals surface area contributed by atoms with Crippen LogP contribution in [0.1, 0.15) is 43.1 Å². The van der Waals surface area contributed by atoms with Crippen LogP contribution < -0.4 is 10.3 Å². The molecule has 1 saturated carbocycles. The number of hydrogen-bond donors (Lipinski definition) is 1. The number of rotatable bonds is 4. The van der Waals surface area contributed by atoms with Crippen LogP contribution in [0.4, 0.5) is 0 Å². The number of methoxy groups -OCH3 is 1. The first-order chi connectivity index (χ1) is 11.8. The van der Waals surface area contributed by atoms with Crippen LogP contribution in [0.25, 0.3) is 11.0 Å². The number of H-pyrrole nitrogens is 1. The van der Waals surface area contributed by atoms with Crippen molar-refractivity contribution in [3.63, 3.8) is 0 Å². The molecule has 0 unspecified atom stereocenters. The molecular weight excluding hydrogens is 304 g/mol. The third-order valence-corrected chi connectivity index (χ3v) is 4.73. The van der Waals surface area contributed by atoms with Gasteiger partial charge in [-0.25, -0.2) is 9.67 Å². The monoisotopic (exact) mass is 324 g/mol. The van der Waals surface area contributed by atoms with Crippen LogP contribution in [-0.2, 0) is 6.42 Å². The van der Waals surface area contributed by atoms with Gasteiger partial charge in [-0.1, -0.05) is 31.0 Å². The van der Waals surface area contributed by atoms with Crippen molar-refractivity contribution in [3.05, 3.63) is 52.2 Å². The minimum Gasteiger partial charge on any atom is -0.496 e. The third kappa shape index (κ3) is 2.58. The SMILES string of the molecule is COc1ccccc1Cc1nc2c(cnn2C2CCCC2)c(=O)[nH]1. The Bertz CT molecular complexity index is 922. The predicted molar refractivity (Wildman–Crippen MR) is 91.5 cm³/mol.